The molecular weight excluding hydrogens is 406 g/mol. The number of hydrogen-bond donors (Lipinski definition) is 1. The molecule has 0 spiro atoms. The molecular formula is C29H25N3O. The van der Waals surface area contributed by atoms with Crippen LogP contribution in [0, 0.1) is 0 Å². The summed E-state index contributed by atoms with van der Waals surface area (Å²) in [5.74, 6) is -0.0813. The van der Waals surface area contributed by atoms with Crippen molar-refractivity contribution in [1.29, 1.82) is 0 Å². The van der Waals surface area contributed by atoms with Gasteiger partial charge in [-0.3, -0.25) is 4.79 Å². The zero-order chi connectivity index (χ0) is 22.4. The SMILES string of the molecule is CC(=NNC(=O)CCn1c2ccccc2c2ccccc21)c1ccc2c3c(cccc13)CC2. The summed E-state index contributed by atoms with van der Waals surface area (Å²) in [4.78, 5) is 12.7. The highest BCUT2D eigenvalue weighted by Gasteiger charge is 2.17. The molecule has 1 aliphatic carbocycles. The Labute approximate surface area is 192 Å². The van der Waals surface area contributed by atoms with Gasteiger partial charge in [-0.2, -0.15) is 5.10 Å². The van der Waals surface area contributed by atoms with Crippen LogP contribution < -0.4 is 5.43 Å². The number of aromatic nitrogens is 1. The van der Waals surface area contributed by atoms with Gasteiger partial charge in [0, 0.05) is 40.3 Å². The van der Waals surface area contributed by atoms with Crippen molar-refractivity contribution in [3.05, 3.63) is 95.6 Å². The van der Waals surface area contributed by atoms with E-state index >= 15 is 0 Å². The fourth-order valence-corrected chi connectivity index (χ4v) is 5.28. The number of hydrazone groups is 1. The maximum Gasteiger partial charge on any atom is 0.241 e. The minimum absolute atomic E-state index is 0.0813. The van der Waals surface area contributed by atoms with Gasteiger partial charge >= 0.3 is 0 Å². The van der Waals surface area contributed by atoms with Crippen LogP contribution >= 0.6 is 0 Å². The molecule has 0 saturated carbocycles. The zero-order valence-electron chi connectivity index (χ0n) is 18.6. The summed E-state index contributed by atoms with van der Waals surface area (Å²) >= 11 is 0. The number of fused-ring (bicyclic) bond motifs is 3. The summed E-state index contributed by atoms with van der Waals surface area (Å²) in [5.41, 5.74) is 9.82. The molecule has 0 saturated heterocycles. The molecule has 0 fully saturated rings. The molecule has 1 amide bonds. The van der Waals surface area contributed by atoms with E-state index in [4.69, 9.17) is 0 Å². The average Bonchev–Trinajstić information content (AvgIpc) is 3.42. The van der Waals surface area contributed by atoms with Crippen molar-refractivity contribution in [2.45, 2.75) is 32.7 Å². The minimum atomic E-state index is -0.0813. The first-order valence-electron chi connectivity index (χ1n) is 11.5. The van der Waals surface area contributed by atoms with Gasteiger partial charge in [0.15, 0.2) is 0 Å². The van der Waals surface area contributed by atoms with Crippen LogP contribution in [0.2, 0.25) is 0 Å². The number of carbonyl (C=O) groups excluding carboxylic acids is 1. The maximum atomic E-state index is 12.7. The molecule has 6 rings (SSSR count). The van der Waals surface area contributed by atoms with E-state index in [9.17, 15) is 4.79 Å². The van der Waals surface area contributed by atoms with Gasteiger partial charge in [-0.25, -0.2) is 5.43 Å². The van der Waals surface area contributed by atoms with Gasteiger partial charge < -0.3 is 4.57 Å². The number of carbonyl (C=O) groups is 1. The third-order valence-electron chi connectivity index (χ3n) is 6.86. The average molecular weight is 432 g/mol. The highest BCUT2D eigenvalue weighted by molar-refractivity contribution is 6.11. The summed E-state index contributed by atoms with van der Waals surface area (Å²) in [6, 6.07) is 27.6. The highest BCUT2D eigenvalue weighted by atomic mass is 16.2. The first kappa shape index (κ1) is 19.7. The Hall–Kier alpha value is -3.92. The normalized spacial score (nSPS) is 13.3. The highest BCUT2D eigenvalue weighted by Crippen LogP contribution is 2.33. The molecule has 33 heavy (non-hydrogen) atoms. The molecule has 1 aromatic heterocycles. The molecule has 0 unspecified atom stereocenters. The van der Waals surface area contributed by atoms with Crippen LogP contribution in [0.1, 0.15) is 30.0 Å². The maximum absolute atomic E-state index is 12.7. The molecule has 162 valence electrons. The third kappa shape index (κ3) is 3.30. The van der Waals surface area contributed by atoms with Crippen LogP contribution in [-0.2, 0) is 24.2 Å². The number of nitrogens with zero attached hydrogens (tertiary/aromatic N) is 2. The van der Waals surface area contributed by atoms with Crippen molar-refractivity contribution in [2.75, 3.05) is 0 Å². The molecule has 5 aromatic rings. The Kier molecular flexibility index (Phi) is 4.72. The lowest BCUT2D eigenvalue weighted by atomic mass is 9.98. The second kappa shape index (κ2) is 7.89. The van der Waals surface area contributed by atoms with Crippen molar-refractivity contribution in [1.82, 2.24) is 9.99 Å². The molecule has 0 bridgehead atoms. The third-order valence-corrected chi connectivity index (χ3v) is 6.86. The van der Waals surface area contributed by atoms with Crippen molar-refractivity contribution >= 4 is 44.2 Å². The number of amides is 1. The van der Waals surface area contributed by atoms with Gasteiger partial charge in [0.2, 0.25) is 5.91 Å². The Bertz CT molecular complexity index is 1510. The molecule has 4 aromatic carbocycles. The molecule has 1 N–H and O–H groups in total. The van der Waals surface area contributed by atoms with Crippen LogP contribution in [0.15, 0.2) is 84.0 Å². The van der Waals surface area contributed by atoms with Crippen LogP contribution in [0.3, 0.4) is 0 Å². The first-order valence-corrected chi connectivity index (χ1v) is 11.5. The molecule has 0 aliphatic heterocycles. The molecule has 4 nitrogen and oxygen atoms in total. The fraction of sp³-hybridized carbons (Fsp3) is 0.172. The van der Waals surface area contributed by atoms with Gasteiger partial charge in [0.25, 0.3) is 0 Å². The lowest BCUT2D eigenvalue weighted by molar-refractivity contribution is -0.121. The quantitative estimate of drug-likeness (QED) is 0.270. The van der Waals surface area contributed by atoms with Crippen LogP contribution in [0.5, 0.6) is 0 Å². The topological polar surface area (TPSA) is 46.4 Å². The van der Waals surface area contributed by atoms with E-state index in [2.05, 4.69) is 81.8 Å². The van der Waals surface area contributed by atoms with Crippen molar-refractivity contribution < 1.29 is 4.79 Å². The van der Waals surface area contributed by atoms with E-state index in [1.807, 2.05) is 19.1 Å². The van der Waals surface area contributed by atoms with Gasteiger partial charge in [0.05, 0.1) is 5.71 Å². The number of aryl methyl sites for hydroxylation is 3. The van der Waals surface area contributed by atoms with E-state index in [0.29, 0.717) is 13.0 Å². The predicted octanol–water partition coefficient (Wildman–Crippen LogP) is 5.98. The molecule has 0 radical (unpaired) electrons. The Morgan fingerprint density at radius 1 is 0.818 bits per heavy atom. The van der Waals surface area contributed by atoms with E-state index in [-0.39, 0.29) is 5.91 Å². The van der Waals surface area contributed by atoms with Crippen molar-refractivity contribution in [3.63, 3.8) is 0 Å². The van der Waals surface area contributed by atoms with E-state index in [1.54, 1.807) is 0 Å². The van der Waals surface area contributed by atoms with Gasteiger partial charge in [0.1, 0.15) is 0 Å². The summed E-state index contributed by atoms with van der Waals surface area (Å²) in [6.45, 7) is 2.57. The largest absolute Gasteiger partial charge is 0.340 e. The molecule has 4 heteroatoms. The lowest BCUT2D eigenvalue weighted by Crippen LogP contribution is -2.20. The van der Waals surface area contributed by atoms with E-state index in [0.717, 1.165) is 35.2 Å². The van der Waals surface area contributed by atoms with E-state index < -0.39 is 0 Å². The standard InChI is InChI=1S/C29H25N3O/c1-19(22-16-15-21-14-13-20-7-6-10-25(22)29(20)21)30-31-28(33)17-18-32-26-11-4-2-8-23(26)24-9-3-5-12-27(24)32/h2-12,15-16H,13-14,17-18H2,1H3,(H,31,33). The van der Waals surface area contributed by atoms with E-state index in [1.165, 1.54) is 32.7 Å². The summed E-state index contributed by atoms with van der Waals surface area (Å²) < 4.78 is 2.23. The lowest BCUT2D eigenvalue weighted by Gasteiger charge is -2.10. The van der Waals surface area contributed by atoms with Crippen LogP contribution in [0.4, 0.5) is 0 Å². The smallest absolute Gasteiger partial charge is 0.241 e. The summed E-state index contributed by atoms with van der Waals surface area (Å²) in [6.07, 6.45) is 2.57. The minimum Gasteiger partial charge on any atom is -0.340 e. The Morgan fingerprint density at radius 3 is 2.18 bits per heavy atom. The first-order chi connectivity index (χ1) is 16.2. The Balaban J connectivity index is 1.22. The fourth-order valence-electron chi connectivity index (χ4n) is 5.28. The summed E-state index contributed by atoms with van der Waals surface area (Å²) in [7, 11) is 0. The van der Waals surface area contributed by atoms with Gasteiger partial charge in [-0.1, -0.05) is 66.7 Å². The molecule has 1 aliphatic rings. The predicted molar refractivity (Wildman–Crippen MR) is 136 cm³/mol. The van der Waals surface area contributed by atoms with Crippen LogP contribution in [0.25, 0.3) is 32.6 Å². The number of hydrogen-bond acceptors (Lipinski definition) is 2. The Morgan fingerprint density at radius 2 is 1.45 bits per heavy atom. The zero-order valence-corrected chi connectivity index (χ0v) is 18.6. The summed E-state index contributed by atoms with van der Waals surface area (Å²) in [5, 5.41) is 9.48. The molecule has 1 heterocycles. The monoisotopic (exact) mass is 431 g/mol. The van der Waals surface area contributed by atoms with Gasteiger partial charge in [-0.05, 0) is 53.8 Å². The number of rotatable bonds is 5. The number of benzene rings is 4. The number of para-hydroxylation sites is 2. The second-order valence-corrected chi connectivity index (χ2v) is 8.78. The molecule has 0 atom stereocenters. The number of nitrogens with one attached hydrogen (secondary N) is 1. The van der Waals surface area contributed by atoms with Crippen LogP contribution in [-0.4, -0.2) is 16.2 Å². The second-order valence-electron chi connectivity index (χ2n) is 8.78. The van der Waals surface area contributed by atoms with Crippen molar-refractivity contribution in [3.8, 4) is 0 Å². The van der Waals surface area contributed by atoms with Crippen molar-refractivity contribution in [2.24, 2.45) is 5.10 Å². The van der Waals surface area contributed by atoms with Gasteiger partial charge in [-0.15, -0.1) is 0 Å².